The van der Waals surface area contributed by atoms with Crippen LogP contribution in [0.5, 0.6) is 0 Å². The Kier molecular flexibility index (Phi) is 5.80. The molecular weight excluding hydrogens is 386 g/mol. The highest BCUT2D eigenvalue weighted by molar-refractivity contribution is 9.10. The molecule has 23 heavy (non-hydrogen) atoms. The van der Waals surface area contributed by atoms with E-state index in [1.807, 2.05) is 0 Å². The fourth-order valence-corrected chi connectivity index (χ4v) is 4.53. The van der Waals surface area contributed by atoms with E-state index in [-0.39, 0.29) is 30.1 Å². The number of hydrogen-bond acceptors (Lipinski definition) is 5. The van der Waals surface area contributed by atoms with Crippen molar-refractivity contribution < 1.29 is 22.7 Å². The standard InChI is InChI=1S/C15H18BrNO5S/c1-2-17(13-7-8-23(20,21)10-13)14(18)9-22-15(19)11-3-5-12(16)6-4-11/h3-6,13H,2,7-10H2,1H3. The Balaban J connectivity index is 1.92. The molecule has 0 N–H and O–H groups in total. The minimum Gasteiger partial charge on any atom is -0.452 e. The summed E-state index contributed by atoms with van der Waals surface area (Å²) in [6.07, 6.45) is 0.433. The van der Waals surface area contributed by atoms with Crippen LogP contribution in [0.15, 0.2) is 28.7 Å². The van der Waals surface area contributed by atoms with Gasteiger partial charge in [0.25, 0.3) is 5.91 Å². The summed E-state index contributed by atoms with van der Waals surface area (Å²) in [6.45, 7) is 1.77. The monoisotopic (exact) mass is 403 g/mol. The number of hydrogen-bond donors (Lipinski definition) is 0. The van der Waals surface area contributed by atoms with Crippen LogP contribution in [0.3, 0.4) is 0 Å². The summed E-state index contributed by atoms with van der Waals surface area (Å²) in [6, 6.07) is 6.28. The predicted octanol–water partition coefficient (Wildman–Crippen LogP) is 1.64. The van der Waals surface area contributed by atoms with Gasteiger partial charge in [-0.05, 0) is 37.6 Å². The minimum absolute atomic E-state index is 0.0206. The highest BCUT2D eigenvalue weighted by Crippen LogP contribution is 2.18. The SMILES string of the molecule is CCN(C(=O)COC(=O)c1ccc(Br)cc1)C1CCS(=O)(=O)C1. The van der Waals surface area contributed by atoms with E-state index < -0.39 is 15.8 Å². The molecule has 0 saturated carbocycles. The van der Waals surface area contributed by atoms with E-state index in [0.29, 0.717) is 18.5 Å². The molecule has 8 heteroatoms. The second-order valence-corrected chi connectivity index (χ2v) is 8.46. The van der Waals surface area contributed by atoms with Crippen LogP contribution < -0.4 is 0 Å². The van der Waals surface area contributed by atoms with E-state index in [9.17, 15) is 18.0 Å². The van der Waals surface area contributed by atoms with Crippen LogP contribution in [0.25, 0.3) is 0 Å². The number of carbonyl (C=O) groups is 2. The van der Waals surface area contributed by atoms with Gasteiger partial charge in [0.2, 0.25) is 0 Å². The lowest BCUT2D eigenvalue weighted by Gasteiger charge is -2.26. The maximum absolute atomic E-state index is 12.2. The first-order valence-corrected chi connectivity index (χ1v) is 9.86. The van der Waals surface area contributed by atoms with E-state index >= 15 is 0 Å². The smallest absolute Gasteiger partial charge is 0.338 e. The topological polar surface area (TPSA) is 80.8 Å². The fraction of sp³-hybridized carbons (Fsp3) is 0.467. The van der Waals surface area contributed by atoms with Gasteiger partial charge < -0.3 is 9.64 Å². The molecule has 1 fully saturated rings. The number of sulfone groups is 1. The molecule has 2 rings (SSSR count). The molecular formula is C15H18BrNO5S. The molecule has 1 aromatic carbocycles. The van der Waals surface area contributed by atoms with Crippen molar-refractivity contribution in [3.63, 3.8) is 0 Å². The van der Waals surface area contributed by atoms with Crippen molar-refractivity contribution >= 4 is 37.6 Å². The van der Waals surface area contributed by atoms with Gasteiger partial charge in [0.1, 0.15) is 0 Å². The molecule has 0 radical (unpaired) electrons. The quantitative estimate of drug-likeness (QED) is 0.698. The van der Waals surface area contributed by atoms with Gasteiger partial charge in [-0.3, -0.25) is 4.79 Å². The molecule has 1 amide bonds. The molecule has 126 valence electrons. The zero-order valence-corrected chi connectivity index (χ0v) is 15.1. The molecule has 1 unspecified atom stereocenters. The summed E-state index contributed by atoms with van der Waals surface area (Å²) in [5.41, 5.74) is 0.354. The lowest BCUT2D eigenvalue weighted by molar-refractivity contribution is -0.136. The Labute approximate surface area is 143 Å². The van der Waals surface area contributed by atoms with Crippen LogP contribution in [-0.2, 0) is 19.4 Å². The van der Waals surface area contributed by atoms with Crippen molar-refractivity contribution in [1.82, 2.24) is 4.90 Å². The van der Waals surface area contributed by atoms with Crippen molar-refractivity contribution in [3.05, 3.63) is 34.3 Å². The molecule has 1 atom stereocenters. The number of rotatable bonds is 5. The molecule has 1 saturated heterocycles. The van der Waals surface area contributed by atoms with Crippen LogP contribution in [0.1, 0.15) is 23.7 Å². The maximum atomic E-state index is 12.2. The molecule has 1 aliphatic rings. The second-order valence-electron chi connectivity index (χ2n) is 5.32. The van der Waals surface area contributed by atoms with Crippen LogP contribution in [0.4, 0.5) is 0 Å². The Morgan fingerprint density at radius 3 is 2.48 bits per heavy atom. The summed E-state index contributed by atoms with van der Waals surface area (Å²) >= 11 is 3.27. The molecule has 0 aromatic heterocycles. The lowest BCUT2D eigenvalue weighted by Crippen LogP contribution is -2.43. The van der Waals surface area contributed by atoms with Crippen LogP contribution in [0, 0.1) is 0 Å². The Hall–Kier alpha value is -1.41. The third-order valence-electron chi connectivity index (χ3n) is 3.72. The molecule has 1 aliphatic heterocycles. The number of nitrogens with zero attached hydrogens (tertiary/aromatic N) is 1. The fourth-order valence-electron chi connectivity index (χ4n) is 2.54. The van der Waals surface area contributed by atoms with Gasteiger partial charge >= 0.3 is 5.97 Å². The summed E-state index contributed by atoms with van der Waals surface area (Å²) in [5.74, 6) is -0.881. The largest absolute Gasteiger partial charge is 0.452 e. The van der Waals surface area contributed by atoms with Gasteiger partial charge in [0, 0.05) is 17.1 Å². The maximum Gasteiger partial charge on any atom is 0.338 e. The van der Waals surface area contributed by atoms with Gasteiger partial charge in [-0.1, -0.05) is 15.9 Å². The van der Waals surface area contributed by atoms with Crippen LogP contribution in [0.2, 0.25) is 0 Å². The average Bonchev–Trinajstić information content (AvgIpc) is 2.86. The number of halogens is 1. The Morgan fingerprint density at radius 2 is 1.96 bits per heavy atom. The normalized spacial score (nSPS) is 19.3. The zero-order chi connectivity index (χ0) is 17.0. The number of ether oxygens (including phenoxy) is 1. The predicted molar refractivity (Wildman–Crippen MR) is 88.9 cm³/mol. The van der Waals surface area contributed by atoms with Gasteiger partial charge in [-0.15, -0.1) is 0 Å². The molecule has 0 bridgehead atoms. The number of likely N-dealkylation sites (N-methyl/N-ethyl adjacent to an activating group) is 1. The molecule has 1 aromatic rings. The minimum atomic E-state index is -3.07. The van der Waals surface area contributed by atoms with E-state index in [1.54, 1.807) is 31.2 Å². The molecule has 1 heterocycles. The first kappa shape index (κ1) is 17.9. The van der Waals surface area contributed by atoms with Gasteiger partial charge in [-0.2, -0.15) is 0 Å². The molecule has 6 nitrogen and oxygen atoms in total. The third kappa shape index (κ3) is 4.78. The Morgan fingerprint density at radius 1 is 1.30 bits per heavy atom. The van der Waals surface area contributed by atoms with Crippen molar-refractivity contribution in [1.29, 1.82) is 0 Å². The number of amides is 1. The third-order valence-corrected chi connectivity index (χ3v) is 6.00. The molecule has 0 aliphatic carbocycles. The van der Waals surface area contributed by atoms with Crippen molar-refractivity contribution in [2.45, 2.75) is 19.4 Å². The highest BCUT2D eigenvalue weighted by atomic mass is 79.9. The summed E-state index contributed by atoms with van der Waals surface area (Å²) in [4.78, 5) is 25.6. The lowest BCUT2D eigenvalue weighted by atomic mass is 10.2. The van der Waals surface area contributed by atoms with Crippen LogP contribution >= 0.6 is 15.9 Å². The number of benzene rings is 1. The first-order chi connectivity index (χ1) is 10.8. The number of esters is 1. The second kappa shape index (κ2) is 7.44. The van der Waals surface area contributed by atoms with Crippen molar-refractivity contribution in [2.24, 2.45) is 0 Å². The zero-order valence-electron chi connectivity index (χ0n) is 12.7. The first-order valence-electron chi connectivity index (χ1n) is 7.25. The van der Waals surface area contributed by atoms with Crippen molar-refractivity contribution in [2.75, 3.05) is 24.7 Å². The van der Waals surface area contributed by atoms with E-state index in [0.717, 1.165) is 4.47 Å². The van der Waals surface area contributed by atoms with Gasteiger partial charge in [0.15, 0.2) is 16.4 Å². The summed E-state index contributed by atoms with van der Waals surface area (Å²) < 4.78 is 28.9. The summed E-state index contributed by atoms with van der Waals surface area (Å²) in [7, 11) is -3.07. The summed E-state index contributed by atoms with van der Waals surface area (Å²) in [5, 5.41) is 0. The van der Waals surface area contributed by atoms with Gasteiger partial charge in [-0.25, -0.2) is 13.2 Å². The highest BCUT2D eigenvalue weighted by Gasteiger charge is 2.34. The average molecular weight is 404 g/mol. The van der Waals surface area contributed by atoms with Crippen molar-refractivity contribution in [3.8, 4) is 0 Å². The van der Waals surface area contributed by atoms with Crippen LogP contribution in [-0.4, -0.2) is 55.9 Å². The van der Waals surface area contributed by atoms with E-state index in [2.05, 4.69) is 15.9 Å². The number of carbonyl (C=O) groups excluding carboxylic acids is 2. The Bertz CT molecular complexity index is 686. The van der Waals surface area contributed by atoms with E-state index in [1.165, 1.54) is 4.90 Å². The van der Waals surface area contributed by atoms with Gasteiger partial charge in [0.05, 0.1) is 17.1 Å². The molecule has 0 spiro atoms. The van der Waals surface area contributed by atoms with E-state index in [4.69, 9.17) is 4.74 Å².